The lowest BCUT2D eigenvalue weighted by Gasteiger charge is -2.09. The molecule has 0 amide bonds. The number of halogens is 1. The molecule has 0 saturated heterocycles. The quantitative estimate of drug-likeness (QED) is 0.495. The molecule has 1 atom stereocenters. The molecular weight excluding hydrogens is 267 g/mol. The fourth-order valence-corrected chi connectivity index (χ4v) is 1.87. The van der Waals surface area contributed by atoms with Crippen LogP contribution in [0.4, 0.5) is 4.39 Å². The van der Waals surface area contributed by atoms with Gasteiger partial charge in [0, 0.05) is 18.6 Å². The lowest BCUT2D eigenvalue weighted by molar-refractivity contribution is -0.131. The molecule has 1 N–H and O–H groups in total. The molecule has 97 valence electrons. The Kier molecular flexibility index (Phi) is 4.15. The van der Waals surface area contributed by atoms with Gasteiger partial charge >= 0.3 is 5.97 Å². The topological polar surface area (TPSA) is 97.7 Å². The van der Waals surface area contributed by atoms with Crippen molar-refractivity contribution in [3.05, 3.63) is 29.6 Å². The van der Waals surface area contributed by atoms with E-state index in [2.05, 4.69) is 4.74 Å². The lowest BCUT2D eigenvalue weighted by Crippen LogP contribution is -2.15. The molecule has 0 aromatic heterocycles. The van der Waals surface area contributed by atoms with Crippen LogP contribution in [-0.4, -0.2) is 25.2 Å². The Balaban J connectivity index is 3.20. The Morgan fingerprint density at radius 2 is 2.11 bits per heavy atom. The summed E-state index contributed by atoms with van der Waals surface area (Å²) >= 11 is 0. The van der Waals surface area contributed by atoms with Gasteiger partial charge in [-0.25, -0.2) is 4.39 Å². The lowest BCUT2D eigenvalue weighted by atomic mass is 10.1. The van der Waals surface area contributed by atoms with Crippen LogP contribution in [0.1, 0.15) is 17.7 Å². The minimum absolute atomic E-state index is 0.149. The highest BCUT2D eigenvalue weighted by Gasteiger charge is 2.28. The van der Waals surface area contributed by atoms with Gasteiger partial charge in [0.25, 0.3) is 10.1 Å². The van der Waals surface area contributed by atoms with Gasteiger partial charge in [0.05, 0.1) is 0 Å². The second-order valence-electron chi connectivity index (χ2n) is 3.29. The molecule has 0 heterocycles. The van der Waals surface area contributed by atoms with Crippen LogP contribution in [-0.2, 0) is 19.7 Å². The van der Waals surface area contributed by atoms with Crippen LogP contribution in [0, 0.1) is 5.82 Å². The summed E-state index contributed by atoms with van der Waals surface area (Å²) in [6, 6.07) is 2.73. The largest absolute Gasteiger partial charge is 0.427 e. The van der Waals surface area contributed by atoms with Gasteiger partial charge in [-0.05, 0) is 6.07 Å². The van der Waals surface area contributed by atoms with Gasteiger partial charge in [-0.2, -0.15) is 8.42 Å². The number of ether oxygens (including phenoxy) is 1. The zero-order chi connectivity index (χ0) is 13.9. The highest BCUT2D eigenvalue weighted by Crippen LogP contribution is 2.25. The van der Waals surface area contributed by atoms with Crippen LogP contribution < -0.4 is 4.74 Å². The molecule has 1 rings (SSSR count). The number of rotatable bonds is 4. The smallest absolute Gasteiger partial charge is 0.308 e. The van der Waals surface area contributed by atoms with Gasteiger partial charge in [-0.1, -0.05) is 6.07 Å². The standard InChI is InChI=1S/C10H8FO6S/c1-6(13)17-7-2-3-8(9(11)4-7)10(5-12)18(14,15)16/h2-4,10H,1H3,(H,14,15,16). The van der Waals surface area contributed by atoms with E-state index >= 15 is 0 Å². The van der Waals surface area contributed by atoms with Crippen molar-refractivity contribution in [2.24, 2.45) is 0 Å². The zero-order valence-corrected chi connectivity index (χ0v) is 9.90. The number of carbonyl (C=O) groups is 1. The van der Waals surface area contributed by atoms with E-state index in [4.69, 9.17) is 4.55 Å². The van der Waals surface area contributed by atoms with E-state index in [-0.39, 0.29) is 5.75 Å². The maximum absolute atomic E-state index is 13.5. The van der Waals surface area contributed by atoms with Crippen molar-refractivity contribution in [3.63, 3.8) is 0 Å². The molecule has 0 fully saturated rings. The summed E-state index contributed by atoms with van der Waals surface area (Å²) < 4.78 is 48.4. The zero-order valence-electron chi connectivity index (χ0n) is 9.08. The third-order valence-corrected chi connectivity index (χ3v) is 2.87. The molecule has 0 saturated carbocycles. The Hall–Kier alpha value is -1.80. The van der Waals surface area contributed by atoms with Crippen LogP contribution in [0.15, 0.2) is 18.2 Å². The number of hydrogen-bond donors (Lipinski definition) is 1. The Labute approximate surface area is 102 Å². The molecule has 0 bridgehead atoms. The van der Waals surface area contributed by atoms with Crippen LogP contribution in [0.3, 0.4) is 0 Å². The molecule has 6 nitrogen and oxygen atoms in total. The Morgan fingerprint density at radius 3 is 2.50 bits per heavy atom. The molecule has 0 spiro atoms. The van der Waals surface area contributed by atoms with Gasteiger partial charge in [-0.3, -0.25) is 14.1 Å². The van der Waals surface area contributed by atoms with Crippen molar-refractivity contribution in [3.8, 4) is 5.75 Å². The average molecular weight is 275 g/mol. The molecule has 0 aliphatic heterocycles. The monoisotopic (exact) mass is 275 g/mol. The van der Waals surface area contributed by atoms with Crippen LogP contribution in [0.2, 0.25) is 0 Å². The van der Waals surface area contributed by atoms with Crippen molar-refractivity contribution in [2.75, 3.05) is 0 Å². The SMILES string of the molecule is CC(=O)Oc1ccc(C([C]=O)S(=O)(=O)O)c(F)c1. The fourth-order valence-electron chi connectivity index (χ4n) is 1.23. The van der Waals surface area contributed by atoms with E-state index in [1.807, 2.05) is 0 Å². The van der Waals surface area contributed by atoms with Gasteiger partial charge in [0.1, 0.15) is 11.6 Å². The van der Waals surface area contributed by atoms with Crippen LogP contribution >= 0.6 is 0 Å². The molecule has 0 aliphatic carbocycles. The third-order valence-electron chi connectivity index (χ3n) is 1.92. The summed E-state index contributed by atoms with van der Waals surface area (Å²) in [6.07, 6.45) is 1.02. The van der Waals surface area contributed by atoms with Gasteiger partial charge in [0.15, 0.2) is 5.25 Å². The van der Waals surface area contributed by atoms with Crippen molar-refractivity contribution in [1.82, 2.24) is 0 Å². The Bertz CT molecular complexity index is 580. The minimum atomic E-state index is -4.80. The first-order valence-corrected chi connectivity index (χ1v) is 6.08. The molecular formula is C10H8FO6S. The highest BCUT2D eigenvalue weighted by atomic mass is 32.2. The van der Waals surface area contributed by atoms with E-state index < -0.39 is 32.7 Å². The highest BCUT2D eigenvalue weighted by molar-refractivity contribution is 7.86. The summed E-state index contributed by atoms with van der Waals surface area (Å²) in [5.74, 6) is -1.95. The summed E-state index contributed by atoms with van der Waals surface area (Å²) in [5.41, 5.74) is -0.580. The van der Waals surface area contributed by atoms with E-state index in [0.29, 0.717) is 0 Å². The molecule has 1 unspecified atom stereocenters. The molecule has 1 aromatic rings. The minimum Gasteiger partial charge on any atom is -0.427 e. The summed E-state index contributed by atoms with van der Waals surface area (Å²) in [6.45, 7) is 1.10. The maximum Gasteiger partial charge on any atom is 0.308 e. The second-order valence-corrected chi connectivity index (χ2v) is 4.79. The molecule has 0 aliphatic rings. The summed E-state index contributed by atoms with van der Waals surface area (Å²) in [4.78, 5) is 21.1. The van der Waals surface area contributed by atoms with Gasteiger partial charge < -0.3 is 4.74 Å². The average Bonchev–Trinajstić information content (AvgIpc) is 2.19. The van der Waals surface area contributed by atoms with Crippen LogP contribution in [0.5, 0.6) is 5.75 Å². The predicted molar refractivity (Wildman–Crippen MR) is 57.7 cm³/mol. The van der Waals surface area contributed by atoms with Crippen LogP contribution in [0.25, 0.3) is 0 Å². The second kappa shape index (κ2) is 5.23. The number of esters is 1. The fraction of sp³-hybridized carbons (Fsp3) is 0.200. The first kappa shape index (κ1) is 14.3. The number of hydrogen-bond acceptors (Lipinski definition) is 5. The predicted octanol–water partition coefficient (Wildman–Crippen LogP) is 0.790. The van der Waals surface area contributed by atoms with Crippen molar-refractivity contribution >= 4 is 22.4 Å². The third kappa shape index (κ3) is 3.34. The maximum atomic E-state index is 13.5. The molecule has 18 heavy (non-hydrogen) atoms. The van der Waals surface area contributed by atoms with Gasteiger partial charge in [-0.15, -0.1) is 0 Å². The summed E-state index contributed by atoms with van der Waals surface area (Å²) in [5, 5.41) is -2.14. The number of carbonyl (C=O) groups excluding carboxylic acids is 2. The molecule has 1 radical (unpaired) electrons. The van der Waals surface area contributed by atoms with Crippen molar-refractivity contribution < 1.29 is 31.7 Å². The number of benzene rings is 1. The Morgan fingerprint density at radius 1 is 1.50 bits per heavy atom. The molecule has 8 heteroatoms. The van der Waals surface area contributed by atoms with E-state index in [1.165, 1.54) is 0 Å². The van der Waals surface area contributed by atoms with Gasteiger partial charge in [0.2, 0.25) is 6.29 Å². The molecule has 1 aromatic carbocycles. The van der Waals surface area contributed by atoms with E-state index in [9.17, 15) is 22.4 Å². The van der Waals surface area contributed by atoms with E-state index in [0.717, 1.165) is 31.4 Å². The van der Waals surface area contributed by atoms with Crippen molar-refractivity contribution in [2.45, 2.75) is 12.2 Å². The normalized spacial score (nSPS) is 12.8. The van der Waals surface area contributed by atoms with Crippen molar-refractivity contribution in [1.29, 1.82) is 0 Å². The first-order chi connectivity index (χ1) is 8.25. The van der Waals surface area contributed by atoms with E-state index in [1.54, 1.807) is 0 Å². The first-order valence-electron chi connectivity index (χ1n) is 4.57. The summed E-state index contributed by atoms with van der Waals surface area (Å²) in [7, 11) is -4.80.